The fourth-order valence-corrected chi connectivity index (χ4v) is 1.71. The zero-order valence-electron chi connectivity index (χ0n) is 9.96. The molecule has 0 saturated heterocycles. The molecule has 0 aromatic carbocycles. The zero-order chi connectivity index (χ0) is 11.7. The van der Waals surface area contributed by atoms with Gasteiger partial charge in [0.15, 0.2) is 0 Å². The van der Waals surface area contributed by atoms with E-state index in [9.17, 15) is 4.79 Å². The molecule has 0 bridgehead atoms. The van der Waals surface area contributed by atoms with Crippen molar-refractivity contribution >= 4 is 17.5 Å². The average molecular weight is 236 g/mol. The monoisotopic (exact) mass is 235 g/mol. The van der Waals surface area contributed by atoms with Crippen molar-refractivity contribution in [2.45, 2.75) is 26.7 Å². The SMILES string of the molecule is CCCC(C)C(=O)N(CCCl)CCOC. The summed E-state index contributed by atoms with van der Waals surface area (Å²) in [4.78, 5) is 13.7. The minimum absolute atomic E-state index is 0.0927. The fourth-order valence-electron chi connectivity index (χ4n) is 1.50. The molecule has 15 heavy (non-hydrogen) atoms. The van der Waals surface area contributed by atoms with Crippen molar-refractivity contribution in [3.63, 3.8) is 0 Å². The molecule has 4 heteroatoms. The number of ether oxygens (including phenoxy) is 1. The van der Waals surface area contributed by atoms with Gasteiger partial charge in [0.2, 0.25) is 5.91 Å². The Morgan fingerprint density at radius 3 is 2.60 bits per heavy atom. The molecule has 90 valence electrons. The number of methoxy groups -OCH3 is 1. The first-order chi connectivity index (χ1) is 7.17. The highest BCUT2D eigenvalue weighted by atomic mass is 35.5. The van der Waals surface area contributed by atoms with Crippen molar-refractivity contribution in [2.24, 2.45) is 5.92 Å². The maximum Gasteiger partial charge on any atom is 0.225 e. The highest BCUT2D eigenvalue weighted by Crippen LogP contribution is 2.09. The highest BCUT2D eigenvalue weighted by Gasteiger charge is 2.18. The van der Waals surface area contributed by atoms with E-state index in [1.54, 1.807) is 12.0 Å². The lowest BCUT2D eigenvalue weighted by molar-refractivity contribution is -0.135. The molecule has 0 spiro atoms. The summed E-state index contributed by atoms with van der Waals surface area (Å²) in [7, 11) is 1.64. The zero-order valence-corrected chi connectivity index (χ0v) is 10.7. The number of hydrogen-bond acceptors (Lipinski definition) is 2. The predicted octanol–water partition coefficient (Wildman–Crippen LogP) is 2.14. The van der Waals surface area contributed by atoms with Gasteiger partial charge >= 0.3 is 0 Å². The third kappa shape index (κ3) is 6.00. The molecule has 1 amide bonds. The van der Waals surface area contributed by atoms with Crippen LogP contribution in [0.15, 0.2) is 0 Å². The summed E-state index contributed by atoms with van der Waals surface area (Å²) in [6.45, 7) is 5.88. The van der Waals surface area contributed by atoms with Crippen LogP contribution in [0.1, 0.15) is 26.7 Å². The molecule has 0 fully saturated rings. The van der Waals surface area contributed by atoms with Crippen molar-refractivity contribution in [1.82, 2.24) is 4.90 Å². The molecule has 1 atom stereocenters. The van der Waals surface area contributed by atoms with E-state index in [-0.39, 0.29) is 11.8 Å². The van der Waals surface area contributed by atoms with Crippen LogP contribution in [0, 0.1) is 5.92 Å². The number of alkyl halides is 1. The minimum Gasteiger partial charge on any atom is -0.383 e. The highest BCUT2D eigenvalue weighted by molar-refractivity contribution is 6.18. The van der Waals surface area contributed by atoms with E-state index in [2.05, 4.69) is 6.92 Å². The number of carbonyl (C=O) groups excluding carboxylic acids is 1. The number of rotatable bonds is 8. The normalized spacial score (nSPS) is 12.5. The van der Waals surface area contributed by atoms with Crippen LogP contribution in [0.3, 0.4) is 0 Å². The van der Waals surface area contributed by atoms with Crippen LogP contribution >= 0.6 is 11.6 Å². The van der Waals surface area contributed by atoms with Crippen LogP contribution < -0.4 is 0 Å². The third-order valence-electron chi connectivity index (χ3n) is 2.37. The van der Waals surface area contributed by atoms with Crippen LogP contribution in [0.25, 0.3) is 0 Å². The lowest BCUT2D eigenvalue weighted by Gasteiger charge is -2.24. The van der Waals surface area contributed by atoms with Crippen LogP contribution in [0.2, 0.25) is 0 Å². The van der Waals surface area contributed by atoms with Gasteiger partial charge in [-0.2, -0.15) is 0 Å². The van der Waals surface area contributed by atoms with Gasteiger partial charge in [-0.1, -0.05) is 20.3 Å². The molecule has 0 radical (unpaired) electrons. The molecule has 1 unspecified atom stereocenters. The maximum atomic E-state index is 11.9. The van der Waals surface area contributed by atoms with Crippen molar-refractivity contribution in [1.29, 1.82) is 0 Å². The second kappa shape index (κ2) is 8.98. The quantitative estimate of drug-likeness (QED) is 0.604. The van der Waals surface area contributed by atoms with Crippen molar-refractivity contribution < 1.29 is 9.53 Å². The Morgan fingerprint density at radius 2 is 2.13 bits per heavy atom. The molecular weight excluding hydrogens is 214 g/mol. The summed E-state index contributed by atoms with van der Waals surface area (Å²) < 4.78 is 4.97. The topological polar surface area (TPSA) is 29.5 Å². The number of halogens is 1. The molecule has 0 aromatic rings. The second-order valence-corrected chi connectivity index (χ2v) is 4.07. The van der Waals surface area contributed by atoms with E-state index in [1.807, 2.05) is 6.92 Å². The third-order valence-corrected chi connectivity index (χ3v) is 2.54. The molecule has 0 saturated carbocycles. The Kier molecular flexibility index (Phi) is 8.82. The lowest BCUT2D eigenvalue weighted by atomic mass is 10.0. The smallest absolute Gasteiger partial charge is 0.225 e. The van der Waals surface area contributed by atoms with Gasteiger partial charge in [-0.3, -0.25) is 4.79 Å². The number of carbonyl (C=O) groups is 1. The molecule has 0 rings (SSSR count). The van der Waals surface area contributed by atoms with Crippen LogP contribution in [0.4, 0.5) is 0 Å². The van der Waals surface area contributed by atoms with Gasteiger partial charge in [-0.15, -0.1) is 11.6 Å². The minimum atomic E-state index is 0.0927. The Morgan fingerprint density at radius 1 is 1.47 bits per heavy atom. The van der Waals surface area contributed by atoms with Gasteiger partial charge < -0.3 is 9.64 Å². The molecule has 0 aromatic heterocycles. The number of amides is 1. The van der Waals surface area contributed by atoms with Gasteiger partial charge in [0.1, 0.15) is 0 Å². The standard InChI is InChI=1S/C11H22ClNO2/c1-4-5-10(2)11(14)13(7-6-12)8-9-15-3/h10H,4-9H2,1-3H3. The first-order valence-electron chi connectivity index (χ1n) is 5.51. The first-order valence-corrected chi connectivity index (χ1v) is 6.04. The van der Waals surface area contributed by atoms with Gasteiger partial charge in [0.05, 0.1) is 6.61 Å². The van der Waals surface area contributed by atoms with Crippen LogP contribution in [0.5, 0.6) is 0 Å². The van der Waals surface area contributed by atoms with Gasteiger partial charge in [-0.05, 0) is 6.42 Å². The van der Waals surface area contributed by atoms with E-state index < -0.39 is 0 Å². The summed E-state index contributed by atoms with van der Waals surface area (Å²) in [6, 6.07) is 0. The average Bonchev–Trinajstić information content (AvgIpc) is 2.23. The van der Waals surface area contributed by atoms with Gasteiger partial charge in [0.25, 0.3) is 0 Å². The van der Waals surface area contributed by atoms with Gasteiger partial charge in [-0.25, -0.2) is 0 Å². The number of nitrogens with zero attached hydrogens (tertiary/aromatic N) is 1. The molecule has 0 heterocycles. The molecule has 0 aliphatic carbocycles. The Hall–Kier alpha value is -0.280. The summed E-state index contributed by atoms with van der Waals surface area (Å²) in [5.74, 6) is 0.763. The van der Waals surface area contributed by atoms with E-state index >= 15 is 0 Å². The van der Waals surface area contributed by atoms with Crippen LogP contribution in [-0.2, 0) is 9.53 Å². The van der Waals surface area contributed by atoms with Crippen molar-refractivity contribution in [2.75, 3.05) is 32.7 Å². The largest absolute Gasteiger partial charge is 0.383 e. The summed E-state index contributed by atoms with van der Waals surface area (Å²) >= 11 is 5.67. The van der Waals surface area contributed by atoms with Crippen molar-refractivity contribution in [3.05, 3.63) is 0 Å². The maximum absolute atomic E-state index is 11.9. The second-order valence-electron chi connectivity index (χ2n) is 3.70. The summed E-state index contributed by atoms with van der Waals surface area (Å²) in [6.07, 6.45) is 1.97. The Bertz CT molecular complexity index is 176. The summed E-state index contributed by atoms with van der Waals surface area (Å²) in [5, 5.41) is 0. The Balaban J connectivity index is 4.13. The molecule has 0 aliphatic rings. The lowest BCUT2D eigenvalue weighted by Crippen LogP contribution is -2.38. The number of hydrogen-bond donors (Lipinski definition) is 0. The van der Waals surface area contributed by atoms with Gasteiger partial charge in [0, 0.05) is 32.0 Å². The van der Waals surface area contributed by atoms with Crippen molar-refractivity contribution in [3.8, 4) is 0 Å². The van der Waals surface area contributed by atoms with E-state index in [1.165, 1.54) is 0 Å². The molecule has 3 nitrogen and oxygen atoms in total. The molecule has 0 N–H and O–H groups in total. The van der Waals surface area contributed by atoms with Crippen LogP contribution in [-0.4, -0.2) is 43.5 Å². The fraction of sp³-hybridized carbons (Fsp3) is 0.909. The molecule has 0 aliphatic heterocycles. The first kappa shape index (κ1) is 14.7. The Labute approximate surface area is 97.7 Å². The molecular formula is C11H22ClNO2. The predicted molar refractivity (Wildman–Crippen MR) is 63.2 cm³/mol. The van der Waals surface area contributed by atoms with E-state index in [4.69, 9.17) is 16.3 Å². The summed E-state index contributed by atoms with van der Waals surface area (Å²) in [5.41, 5.74) is 0. The van der Waals surface area contributed by atoms with E-state index in [0.717, 1.165) is 12.8 Å². The van der Waals surface area contributed by atoms with E-state index in [0.29, 0.717) is 25.6 Å².